The third-order valence-corrected chi connectivity index (χ3v) is 7.72. The number of carbonyl (C=O) groups excluding carboxylic acids is 1. The molecule has 0 bridgehead atoms. The van der Waals surface area contributed by atoms with Crippen LogP contribution in [0, 0.1) is 19.8 Å². The SMILES string of the molecule is Cc1cccc(NC(=O)[C@@H]2CCCN(S(=O)(=O)c3cc(-c4noc(C)n4)ccc3Cl)C2)c1. The molecule has 10 heteroatoms. The molecule has 0 aliphatic carbocycles. The molecule has 0 spiro atoms. The van der Waals surface area contributed by atoms with Crippen LogP contribution in [0.5, 0.6) is 0 Å². The molecule has 1 saturated heterocycles. The van der Waals surface area contributed by atoms with E-state index in [1.807, 2.05) is 31.2 Å². The van der Waals surface area contributed by atoms with Crippen LogP contribution < -0.4 is 5.32 Å². The van der Waals surface area contributed by atoms with Crippen LogP contribution in [0.3, 0.4) is 0 Å². The molecule has 32 heavy (non-hydrogen) atoms. The first-order chi connectivity index (χ1) is 15.2. The minimum atomic E-state index is -3.93. The van der Waals surface area contributed by atoms with Crippen molar-refractivity contribution in [2.24, 2.45) is 5.92 Å². The minimum Gasteiger partial charge on any atom is -0.339 e. The predicted octanol–water partition coefficient (Wildman–Crippen LogP) is 4.05. The lowest BCUT2D eigenvalue weighted by Crippen LogP contribution is -2.43. The topological polar surface area (TPSA) is 105 Å². The van der Waals surface area contributed by atoms with Gasteiger partial charge in [-0.3, -0.25) is 4.79 Å². The molecule has 2 heterocycles. The molecular formula is C22H23ClN4O4S. The Morgan fingerprint density at radius 2 is 2.03 bits per heavy atom. The Bertz CT molecular complexity index is 1260. The molecular weight excluding hydrogens is 452 g/mol. The molecule has 1 fully saturated rings. The van der Waals surface area contributed by atoms with Crippen molar-refractivity contribution in [2.45, 2.75) is 31.6 Å². The molecule has 4 rings (SSSR count). The Morgan fingerprint density at radius 3 is 2.75 bits per heavy atom. The van der Waals surface area contributed by atoms with Gasteiger partial charge in [-0.15, -0.1) is 0 Å². The molecule has 1 N–H and O–H groups in total. The van der Waals surface area contributed by atoms with Crippen LogP contribution in [-0.2, 0) is 14.8 Å². The second kappa shape index (κ2) is 9.01. The summed E-state index contributed by atoms with van der Waals surface area (Å²) in [6.07, 6.45) is 1.19. The van der Waals surface area contributed by atoms with E-state index in [1.54, 1.807) is 13.0 Å². The minimum absolute atomic E-state index is 0.0427. The number of nitrogens with one attached hydrogen (secondary N) is 1. The third kappa shape index (κ3) is 4.69. The monoisotopic (exact) mass is 474 g/mol. The highest BCUT2D eigenvalue weighted by Gasteiger charge is 2.34. The van der Waals surface area contributed by atoms with Crippen molar-refractivity contribution in [1.82, 2.24) is 14.4 Å². The van der Waals surface area contributed by atoms with E-state index < -0.39 is 15.9 Å². The summed E-state index contributed by atoms with van der Waals surface area (Å²) in [5.41, 5.74) is 2.21. The number of hydrogen-bond acceptors (Lipinski definition) is 6. The number of aryl methyl sites for hydroxylation is 2. The maximum Gasteiger partial charge on any atom is 0.244 e. The number of amides is 1. The summed E-state index contributed by atoms with van der Waals surface area (Å²) in [6, 6.07) is 12.1. The maximum atomic E-state index is 13.4. The largest absolute Gasteiger partial charge is 0.339 e. The van der Waals surface area contributed by atoms with Crippen LogP contribution in [0.15, 0.2) is 51.9 Å². The molecule has 1 amide bonds. The van der Waals surface area contributed by atoms with Gasteiger partial charge in [-0.1, -0.05) is 28.9 Å². The molecule has 1 atom stereocenters. The summed E-state index contributed by atoms with van der Waals surface area (Å²) in [5.74, 6) is 0.000920. The van der Waals surface area contributed by atoms with Crippen LogP contribution in [0.1, 0.15) is 24.3 Å². The van der Waals surface area contributed by atoms with Gasteiger partial charge in [0.1, 0.15) is 4.90 Å². The number of halogens is 1. The third-order valence-electron chi connectivity index (χ3n) is 5.38. The molecule has 8 nitrogen and oxygen atoms in total. The Kier molecular flexibility index (Phi) is 6.32. The predicted molar refractivity (Wildman–Crippen MR) is 121 cm³/mol. The first-order valence-corrected chi connectivity index (χ1v) is 12.0. The number of carbonyl (C=O) groups is 1. The van der Waals surface area contributed by atoms with Gasteiger partial charge in [0.25, 0.3) is 0 Å². The number of nitrogens with zero attached hydrogens (tertiary/aromatic N) is 3. The molecule has 0 unspecified atom stereocenters. The van der Waals surface area contributed by atoms with Crippen molar-refractivity contribution in [1.29, 1.82) is 0 Å². The van der Waals surface area contributed by atoms with E-state index >= 15 is 0 Å². The highest BCUT2D eigenvalue weighted by atomic mass is 35.5. The Hall–Kier alpha value is -2.75. The first-order valence-electron chi connectivity index (χ1n) is 10.2. The second-order valence-corrected chi connectivity index (χ2v) is 10.2. The summed E-state index contributed by atoms with van der Waals surface area (Å²) >= 11 is 6.26. The molecule has 0 radical (unpaired) electrons. The molecule has 3 aromatic rings. The van der Waals surface area contributed by atoms with E-state index in [0.717, 1.165) is 5.56 Å². The zero-order valence-electron chi connectivity index (χ0n) is 17.7. The van der Waals surface area contributed by atoms with E-state index in [4.69, 9.17) is 16.1 Å². The number of anilines is 1. The van der Waals surface area contributed by atoms with Crippen LogP contribution in [0.2, 0.25) is 5.02 Å². The Morgan fingerprint density at radius 1 is 1.22 bits per heavy atom. The average molecular weight is 475 g/mol. The van der Waals surface area contributed by atoms with Crippen LogP contribution in [0.25, 0.3) is 11.4 Å². The normalized spacial score (nSPS) is 17.3. The fourth-order valence-corrected chi connectivity index (χ4v) is 5.76. The van der Waals surface area contributed by atoms with Gasteiger partial charge in [-0.05, 0) is 55.7 Å². The van der Waals surface area contributed by atoms with Crippen LogP contribution in [-0.4, -0.2) is 41.9 Å². The molecule has 168 valence electrons. The van der Waals surface area contributed by atoms with E-state index in [9.17, 15) is 13.2 Å². The number of rotatable bonds is 5. The van der Waals surface area contributed by atoms with Gasteiger partial charge in [0.05, 0.1) is 10.9 Å². The van der Waals surface area contributed by atoms with Gasteiger partial charge >= 0.3 is 0 Å². The first kappa shape index (κ1) is 22.4. The Balaban J connectivity index is 1.55. The van der Waals surface area contributed by atoms with E-state index in [-0.39, 0.29) is 28.2 Å². The molecule has 1 aliphatic rings. The fraction of sp³-hybridized carbons (Fsp3) is 0.318. The maximum absolute atomic E-state index is 13.4. The Labute approximate surface area is 191 Å². The van der Waals surface area contributed by atoms with Crippen molar-refractivity contribution >= 4 is 33.2 Å². The lowest BCUT2D eigenvalue weighted by Gasteiger charge is -2.31. The van der Waals surface area contributed by atoms with E-state index in [1.165, 1.54) is 16.4 Å². The van der Waals surface area contributed by atoms with E-state index in [0.29, 0.717) is 36.5 Å². The zero-order chi connectivity index (χ0) is 22.9. The number of sulfonamides is 1. The van der Waals surface area contributed by atoms with Gasteiger partial charge < -0.3 is 9.84 Å². The van der Waals surface area contributed by atoms with E-state index in [2.05, 4.69) is 15.5 Å². The van der Waals surface area contributed by atoms with Gasteiger partial charge in [0.2, 0.25) is 27.6 Å². The summed E-state index contributed by atoms with van der Waals surface area (Å²) in [6.45, 7) is 4.00. The van der Waals surface area contributed by atoms with Gasteiger partial charge in [0.15, 0.2) is 0 Å². The summed E-state index contributed by atoms with van der Waals surface area (Å²) in [4.78, 5) is 16.9. The average Bonchev–Trinajstić information content (AvgIpc) is 3.20. The zero-order valence-corrected chi connectivity index (χ0v) is 19.3. The van der Waals surface area contributed by atoms with Gasteiger partial charge in [-0.25, -0.2) is 8.42 Å². The highest BCUT2D eigenvalue weighted by Crippen LogP contribution is 2.31. The van der Waals surface area contributed by atoms with Crippen LogP contribution >= 0.6 is 11.6 Å². The number of benzene rings is 2. The summed E-state index contributed by atoms with van der Waals surface area (Å²) in [7, 11) is -3.93. The number of piperidine rings is 1. The lowest BCUT2D eigenvalue weighted by atomic mass is 9.98. The van der Waals surface area contributed by atoms with Crippen molar-refractivity contribution in [2.75, 3.05) is 18.4 Å². The number of aromatic nitrogens is 2. The number of hydrogen-bond donors (Lipinski definition) is 1. The van der Waals surface area contributed by atoms with Gasteiger partial charge in [0, 0.05) is 31.3 Å². The van der Waals surface area contributed by atoms with Crippen molar-refractivity contribution in [3.63, 3.8) is 0 Å². The fourth-order valence-electron chi connectivity index (χ4n) is 3.74. The molecule has 2 aromatic carbocycles. The summed E-state index contributed by atoms with van der Waals surface area (Å²) in [5, 5.41) is 6.83. The molecule has 0 saturated carbocycles. The quantitative estimate of drug-likeness (QED) is 0.598. The highest BCUT2D eigenvalue weighted by molar-refractivity contribution is 7.89. The second-order valence-electron chi connectivity index (χ2n) is 7.84. The standard InChI is InChI=1S/C22H23ClN4O4S/c1-14-5-3-7-18(11-14)25-22(28)17-6-4-10-27(13-17)32(29,30)20-12-16(8-9-19(20)23)21-24-15(2)31-26-21/h3,5,7-9,11-12,17H,4,6,10,13H2,1-2H3,(H,25,28)/t17-/m1/s1. The van der Waals surface area contributed by atoms with Crippen LogP contribution in [0.4, 0.5) is 5.69 Å². The smallest absolute Gasteiger partial charge is 0.244 e. The lowest BCUT2D eigenvalue weighted by molar-refractivity contribution is -0.120. The van der Waals surface area contributed by atoms with Gasteiger partial charge in [-0.2, -0.15) is 9.29 Å². The summed E-state index contributed by atoms with van der Waals surface area (Å²) < 4.78 is 33.1. The molecule has 1 aromatic heterocycles. The van der Waals surface area contributed by atoms with Crippen molar-refractivity contribution in [3.05, 3.63) is 58.9 Å². The molecule has 1 aliphatic heterocycles. The van der Waals surface area contributed by atoms with Crippen molar-refractivity contribution in [3.8, 4) is 11.4 Å². The van der Waals surface area contributed by atoms with Crippen molar-refractivity contribution < 1.29 is 17.7 Å².